The topological polar surface area (TPSA) is 65.5 Å². The van der Waals surface area contributed by atoms with E-state index in [2.05, 4.69) is 22.1 Å². The van der Waals surface area contributed by atoms with E-state index in [1.807, 2.05) is 14.1 Å². The highest BCUT2D eigenvalue weighted by atomic mass is 32.1. The molecule has 0 amide bonds. The molecule has 2 unspecified atom stereocenters. The molecule has 0 saturated carbocycles. The van der Waals surface area contributed by atoms with Crippen LogP contribution in [-0.4, -0.2) is 47.6 Å². The zero-order chi connectivity index (χ0) is 14.0. The summed E-state index contributed by atoms with van der Waals surface area (Å²) in [6.45, 7) is 2.96. The van der Waals surface area contributed by atoms with E-state index >= 15 is 0 Å². The van der Waals surface area contributed by atoms with E-state index < -0.39 is 11.9 Å². The van der Waals surface area contributed by atoms with Crippen molar-refractivity contribution in [1.29, 1.82) is 0 Å². The molecule has 19 heavy (non-hydrogen) atoms. The van der Waals surface area contributed by atoms with Crippen molar-refractivity contribution in [2.24, 2.45) is 0 Å². The molecule has 1 aromatic heterocycles. The first-order valence-electron chi connectivity index (χ1n) is 6.61. The maximum Gasteiger partial charge on any atom is 0.312 e. The number of hydrogen-bond acceptors (Lipinski definition) is 5. The van der Waals surface area contributed by atoms with Crippen molar-refractivity contribution in [3.63, 3.8) is 0 Å². The third kappa shape index (κ3) is 3.25. The Morgan fingerprint density at radius 3 is 3.00 bits per heavy atom. The van der Waals surface area contributed by atoms with E-state index in [0.29, 0.717) is 12.5 Å². The van der Waals surface area contributed by atoms with Crippen molar-refractivity contribution in [1.82, 2.24) is 9.88 Å². The van der Waals surface area contributed by atoms with Gasteiger partial charge in [0.15, 0.2) is 5.13 Å². The normalized spacial score (nSPS) is 20.1. The molecule has 2 rings (SSSR count). The number of aromatic nitrogens is 1. The molecule has 1 aliphatic carbocycles. The second-order valence-corrected chi connectivity index (χ2v) is 6.39. The molecule has 0 radical (unpaired) electrons. The quantitative estimate of drug-likeness (QED) is 0.865. The standard InChI is InChI=1S/C13H21N3O2S/c1-8(16(2)3)7-14-13-15-11-9(12(17)18)5-4-6-10(11)19-13/h8-9H,4-7H2,1-3H3,(H,14,15)(H,17,18). The van der Waals surface area contributed by atoms with Gasteiger partial charge in [-0.25, -0.2) is 4.98 Å². The Bertz CT molecular complexity index is 459. The summed E-state index contributed by atoms with van der Waals surface area (Å²) in [6.07, 6.45) is 2.61. The molecular formula is C13H21N3O2S. The molecule has 106 valence electrons. The second-order valence-electron chi connectivity index (χ2n) is 5.30. The number of hydrogen-bond donors (Lipinski definition) is 2. The fourth-order valence-corrected chi connectivity index (χ4v) is 3.22. The monoisotopic (exact) mass is 283 g/mol. The van der Waals surface area contributed by atoms with Crippen molar-refractivity contribution in [3.05, 3.63) is 10.6 Å². The Labute approximate surface area is 117 Å². The second kappa shape index (κ2) is 5.88. The average molecular weight is 283 g/mol. The van der Waals surface area contributed by atoms with E-state index in [4.69, 9.17) is 0 Å². The van der Waals surface area contributed by atoms with Crippen molar-refractivity contribution in [3.8, 4) is 0 Å². The van der Waals surface area contributed by atoms with Crippen molar-refractivity contribution >= 4 is 22.4 Å². The number of rotatable bonds is 5. The van der Waals surface area contributed by atoms with E-state index in [9.17, 15) is 9.90 Å². The molecule has 0 aromatic carbocycles. The van der Waals surface area contributed by atoms with Crippen molar-refractivity contribution in [2.45, 2.75) is 38.1 Å². The molecule has 0 saturated heterocycles. The lowest BCUT2D eigenvalue weighted by Crippen LogP contribution is -2.31. The molecule has 2 atom stereocenters. The molecule has 1 aromatic rings. The van der Waals surface area contributed by atoms with Gasteiger partial charge < -0.3 is 15.3 Å². The summed E-state index contributed by atoms with van der Waals surface area (Å²) >= 11 is 1.61. The minimum absolute atomic E-state index is 0.413. The van der Waals surface area contributed by atoms with Crippen LogP contribution in [0.5, 0.6) is 0 Å². The average Bonchev–Trinajstić information content (AvgIpc) is 2.77. The van der Waals surface area contributed by atoms with Gasteiger partial charge in [0.1, 0.15) is 5.92 Å². The fourth-order valence-electron chi connectivity index (χ4n) is 2.15. The molecule has 0 spiro atoms. The van der Waals surface area contributed by atoms with Gasteiger partial charge in [0, 0.05) is 17.5 Å². The van der Waals surface area contributed by atoms with Crippen LogP contribution in [0.1, 0.15) is 36.3 Å². The van der Waals surface area contributed by atoms with Crippen LogP contribution >= 0.6 is 11.3 Å². The van der Waals surface area contributed by atoms with E-state index in [1.54, 1.807) is 11.3 Å². The molecule has 0 bridgehead atoms. The Kier molecular flexibility index (Phi) is 4.42. The summed E-state index contributed by atoms with van der Waals surface area (Å²) in [4.78, 5) is 19.0. The maximum atomic E-state index is 11.2. The van der Waals surface area contributed by atoms with Crippen LogP contribution in [0.4, 0.5) is 5.13 Å². The molecule has 0 aliphatic heterocycles. The predicted molar refractivity (Wildman–Crippen MR) is 77.1 cm³/mol. The van der Waals surface area contributed by atoms with Gasteiger partial charge >= 0.3 is 5.97 Å². The van der Waals surface area contributed by atoms with Crippen LogP contribution in [0.2, 0.25) is 0 Å². The number of carboxylic acid groups (broad SMARTS) is 1. The molecule has 5 nitrogen and oxygen atoms in total. The number of likely N-dealkylation sites (N-methyl/N-ethyl adjacent to an activating group) is 1. The zero-order valence-corrected chi connectivity index (χ0v) is 12.5. The fraction of sp³-hybridized carbons (Fsp3) is 0.692. The Hall–Kier alpha value is -1.14. The Morgan fingerprint density at radius 2 is 2.37 bits per heavy atom. The summed E-state index contributed by atoms with van der Waals surface area (Å²) in [6, 6.07) is 0.413. The molecular weight excluding hydrogens is 262 g/mol. The largest absolute Gasteiger partial charge is 0.481 e. The van der Waals surface area contributed by atoms with Gasteiger partial charge in [-0.2, -0.15) is 0 Å². The minimum Gasteiger partial charge on any atom is -0.481 e. The SMILES string of the molecule is CC(CNc1nc2c(s1)CCCC2C(=O)O)N(C)C. The summed E-state index contributed by atoms with van der Waals surface area (Å²) in [5.74, 6) is -1.17. The molecule has 6 heteroatoms. The van der Waals surface area contributed by atoms with Crippen molar-refractivity contribution < 1.29 is 9.90 Å². The van der Waals surface area contributed by atoms with Gasteiger partial charge in [0.05, 0.1) is 5.69 Å². The summed E-state index contributed by atoms with van der Waals surface area (Å²) in [5, 5.41) is 13.4. The zero-order valence-electron chi connectivity index (χ0n) is 11.6. The van der Waals surface area contributed by atoms with Crippen LogP contribution in [0, 0.1) is 0 Å². The third-order valence-corrected chi connectivity index (χ3v) is 4.77. The van der Waals surface area contributed by atoms with Crippen LogP contribution in [-0.2, 0) is 11.2 Å². The van der Waals surface area contributed by atoms with Crippen LogP contribution in [0.3, 0.4) is 0 Å². The Morgan fingerprint density at radius 1 is 1.63 bits per heavy atom. The first-order chi connectivity index (χ1) is 8.99. The molecule has 1 aliphatic rings. The first kappa shape index (κ1) is 14.3. The summed E-state index contributed by atoms with van der Waals surface area (Å²) in [5.41, 5.74) is 0.781. The van der Waals surface area contributed by atoms with Gasteiger partial charge in [-0.1, -0.05) is 0 Å². The number of nitrogens with one attached hydrogen (secondary N) is 1. The number of carboxylic acids is 1. The van der Waals surface area contributed by atoms with Gasteiger partial charge in [-0.05, 0) is 40.3 Å². The van der Waals surface area contributed by atoms with Gasteiger partial charge in [-0.15, -0.1) is 11.3 Å². The highest BCUT2D eigenvalue weighted by Gasteiger charge is 2.29. The lowest BCUT2D eigenvalue weighted by atomic mass is 9.91. The predicted octanol–water partition coefficient (Wildman–Crippen LogP) is 2.01. The highest BCUT2D eigenvalue weighted by molar-refractivity contribution is 7.15. The van der Waals surface area contributed by atoms with Gasteiger partial charge in [0.25, 0.3) is 0 Å². The van der Waals surface area contributed by atoms with E-state index in [-0.39, 0.29) is 0 Å². The lowest BCUT2D eigenvalue weighted by Gasteiger charge is -2.19. The number of aryl methyl sites for hydroxylation is 1. The van der Waals surface area contributed by atoms with Gasteiger partial charge in [0.2, 0.25) is 0 Å². The summed E-state index contributed by atoms with van der Waals surface area (Å²) < 4.78 is 0. The third-order valence-electron chi connectivity index (χ3n) is 3.68. The minimum atomic E-state index is -0.751. The maximum absolute atomic E-state index is 11.2. The number of fused-ring (bicyclic) bond motifs is 1. The first-order valence-corrected chi connectivity index (χ1v) is 7.43. The Balaban J connectivity index is 2.07. The number of aliphatic carboxylic acids is 1. The molecule has 2 N–H and O–H groups in total. The molecule has 1 heterocycles. The summed E-state index contributed by atoms with van der Waals surface area (Å²) in [7, 11) is 4.08. The van der Waals surface area contributed by atoms with Crippen LogP contribution in [0.25, 0.3) is 0 Å². The van der Waals surface area contributed by atoms with E-state index in [0.717, 1.165) is 35.1 Å². The van der Waals surface area contributed by atoms with Crippen LogP contribution in [0.15, 0.2) is 0 Å². The number of carbonyl (C=O) groups is 1. The van der Waals surface area contributed by atoms with Gasteiger partial charge in [-0.3, -0.25) is 4.79 Å². The number of nitrogens with zero attached hydrogens (tertiary/aromatic N) is 2. The van der Waals surface area contributed by atoms with Crippen molar-refractivity contribution in [2.75, 3.05) is 26.0 Å². The molecule has 0 fully saturated rings. The number of thiazole rings is 1. The highest BCUT2D eigenvalue weighted by Crippen LogP contribution is 2.36. The smallest absolute Gasteiger partial charge is 0.312 e. The lowest BCUT2D eigenvalue weighted by molar-refractivity contribution is -0.139. The van der Waals surface area contributed by atoms with Crippen LogP contribution < -0.4 is 5.32 Å². The number of anilines is 1. The van der Waals surface area contributed by atoms with E-state index in [1.165, 1.54) is 0 Å².